The number of nitrogens with one attached hydrogen (secondary N) is 1. The van der Waals surface area contributed by atoms with Crippen molar-refractivity contribution in [3.05, 3.63) is 59.7 Å². The number of rotatable bonds is 4. The largest absolute Gasteiger partial charge is 0.396 e. The van der Waals surface area contributed by atoms with Gasteiger partial charge in [0.1, 0.15) is 14.1 Å². The summed E-state index contributed by atoms with van der Waals surface area (Å²) in [5.74, 6) is 1.47. The van der Waals surface area contributed by atoms with Crippen molar-refractivity contribution in [3.63, 3.8) is 0 Å². The minimum atomic E-state index is -1.55. The smallest absolute Gasteiger partial charge is 0.175 e. The topological polar surface area (TPSA) is 24.4 Å². The monoisotopic (exact) mass is 328 g/mol. The van der Waals surface area contributed by atoms with E-state index in [1.54, 1.807) is 0 Å². The van der Waals surface area contributed by atoms with Gasteiger partial charge in [-0.1, -0.05) is 68.2 Å². The maximum atomic E-state index is 5.13. The van der Waals surface area contributed by atoms with Crippen LogP contribution in [0.5, 0.6) is 0 Å². The molecule has 0 atom stereocenters. The van der Waals surface area contributed by atoms with Gasteiger partial charge < -0.3 is 9.64 Å². The lowest BCUT2D eigenvalue weighted by Gasteiger charge is -2.26. The third-order valence-corrected chi connectivity index (χ3v) is 5.14. The molecule has 0 heterocycles. The minimum Gasteiger partial charge on any atom is -0.396 e. The SMILES string of the molecule is C[Si](C)(C)N=C(N[Si](C)(C)C)c1ccccc1C1C=CC=C1. The molecule has 0 aliphatic heterocycles. The summed E-state index contributed by atoms with van der Waals surface area (Å²) in [5.41, 5.74) is 2.60. The molecule has 118 valence electrons. The number of nitrogens with zero attached hydrogens (tertiary/aromatic N) is 1. The first-order chi connectivity index (χ1) is 10.2. The van der Waals surface area contributed by atoms with Crippen LogP contribution in [0.2, 0.25) is 39.3 Å². The van der Waals surface area contributed by atoms with Gasteiger partial charge in [-0.2, -0.15) is 0 Å². The highest BCUT2D eigenvalue weighted by molar-refractivity contribution is 6.78. The Morgan fingerprint density at radius 3 is 2.09 bits per heavy atom. The quantitative estimate of drug-likeness (QED) is 0.474. The molecule has 0 saturated carbocycles. The van der Waals surface area contributed by atoms with Gasteiger partial charge in [0, 0.05) is 11.5 Å². The third-order valence-electron chi connectivity index (χ3n) is 3.26. The van der Waals surface area contributed by atoms with Gasteiger partial charge in [0.05, 0.1) is 0 Å². The van der Waals surface area contributed by atoms with Gasteiger partial charge in [-0.25, -0.2) is 0 Å². The zero-order valence-corrected chi connectivity index (χ0v) is 16.6. The number of amidine groups is 1. The summed E-state index contributed by atoms with van der Waals surface area (Å²) in [6.07, 6.45) is 8.75. The van der Waals surface area contributed by atoms with Crippen molar-refractivity contribution in [2.75, 3.05) is 0 Å². The molecule has 22 heavy (non-hydrogen) atoms. The second kappa shape index (κ2) is 6.38. The summed E-state index contributed by atoms with van der Waals surface area (Å²) < 4.78 is 5.13. The van der Waals surface area contributed by atoms with Crippen LogP contribution in [0.15, 0.2) is 53.2 Å². The van der Waals surface area contributed by atoms with Crippen LogP contribution in [-0.2, 0) is 0 Å². The van der Waals surface area contributed by atoms with Crippen molar-refractivity contribution in [1.82, 2.24) is 4.98 Å². The molecule has 1 N–H and O–H groups in total. The third kappa shape index (κ3) is 4.81. The van der Waals surface area contributed by atoms with Crippen molar-refractivity contribution in [3.8, 4) is 0 Å². The Kier molecular flexibility index (Phi) is 4.92. The summed E-state index contributed by atoms with van der Waals surface area (Å²) in [5, 5.41) is 0. The van der Waals surface area contributed by atoms with E-state index in [-0.39, 0.29) is 0 Å². The highest BCUT2D eigenvalue weighted by Gasteiger charge is 2.23. The van der Waals surface area contributed by atoms with Crippen LogP contribution in [-0.4, -0.2) is 22.3 Å². The van der Waals surface area contributed by atoms with E-state index in [1.165, 1.54) is 11.1 Å². The summed E-state index contributed by atoms with van der Waals surface area (Å²) >= 11 is 0. The van der Waals surface area contributed by atoms with Gasteiger partial charge in [-0.15, -0.1) is 0 Å². The molecular formula is C18H28N2Si2. The molecule has 2 nitrogen and oxygen atoms in total. The standard InChI is InChI=1S/C18H28N2Si2/c1-21(2,3)19-18(20-22(4,5)6)17-14-10-9-13-16(17)15-11-7-8-12-15/h7-15H,1-6H3,(H,19,20). The molecule has 0 aromatic heterocycles. The van der Waals surface area contributed by atoms with Gasteiger partial charge in [-0.05, 0) is 25.2 Å². The van der Waals surface area contributed by atoms with E-state index in [0.717, 1.165) is 5.84 Å². The second-order valence-corrected chi connectivity index (χ2v) is 17.2. The van der Waals surface area contributed by atoms with Crippen LogP contribution in [0, 0.1) is 0 Å². The van der Waals surface area contributed by atoms with E-state index in [9.17, 15) is 0 Å². The van der Waals surface area contributed by atoms with E-state index >= 15 is 0 Å². The van der Waals surface area contributed by atoms with E-state index in [1.807, 2.05) is 0 Å². The fourth-order valence-corrected chi connectivity index (χ4v) is 4.35. The molecule has 1 aliphatic carbocycles. The predicted molar refractivity (Wildman–Crippen MR) is 104 cm³/mol. The number of allylic oxidation sites excluding steroid dienone is 4. The Hall–Kier alpha value is -1.40. The van der Waals surface area contributed by atoms with Crippen molar-refractivity contribution in [1.29, 1.82) is 0 Å². The van der Waals surface area contributed by atoms with Gasteiger partial charge in [0.15, 0.2) is 8.24 Å². The number of hydrogen-bond donors (Lipinski definition) is 1. The fourth-order valence-electron chi connectivity index (χ4n) is 2.49. The molecule has 1 aromatic rings. The Morgan fingerprint density at radius 2 is 1.55 bits per heavy atom. The molecular weight excluding hydrogens is 300 g/mol. The molecule has 1 aromatic carbocycles. The maximum absolute atomic E-state index is 5.13. The first-order valence-corrected chi connectivity index (χ1v) is 14.9. The molecule has 0 fully saturated rings. The number of hydrogen-bond acceptors (Lipinski definition) is 1. The molecule has 1 aliphatic rings. The Labute approximate surface area is 137 Å². The maximum Gasteiger partial charge on any atom is 0.175 e. The van der Waals surface area contributed by atoms with Gasteiger partial charge >= 0.3 is 0 Å². The van der Waals surface area contributed by atoms with Crippen LogP contribution in [0.4, 0.5) is 0 Å². The van der Waals surface area contributed by atoms with E-state index in [2.05, 4.69) is 92.8 Å². The van der Waals surface area contributed by atoms with E-state index < -0.39 is 16.5 Å². The molecule has 4 heteroatoms. The highest BCUT2D eigenvalue weighted by atomic mass is 28.3. The van der Waals surface area contributed by atoms with Crippen molar-refractivity contribution in [2.24, 2.45) is 4.66 Å². The lowest BCUT2D eigenvalue weighted by Crippen LogP contribution is -2.47. The Morgan fingerprint density at radius 1 is 0.955 bits per heavy atom. The van der Waals surface area contributed by atoms with Crippen LogP contribution in [0.25, 0.3) is 0 Å². The zero-order valence-electron chi connectivity index (χ0n) is 14.6. The molecule has 0 unspecified atom stereocenters. The minimum absolute atomic E-state index is 0.367. The number of benzene rings is 1. The molecule has 0 saturated heterocycles. The first-order valence-electron chi connectivity index (χ1n) is 7.98. The normalized spacial score (nSPS) is 16.4. The Balaban J connectivity index is 2.50. The molecule has 0 amide bonds. The average Bonchev–Trinajstić information content (AvgIpc) is 2.88. The van der Waals surface area contributed by atoms with Crippen molar-refractivity contribution >= 4 is 22.3 Å². The molecule has 0 radical (unpaired) electrons. The summed E-state index contributed by atoms with van der Waals surface area (Å²) in [6.45, 7) is 13.8. The van der Waals surface area contributed by atoms with E-state index in [4.69, 9.17) is 4.66 Å². The lowest BCUT2D eigenvalue weighted by molar-refractivity contribution is 1.09. The van der Waals surface area contributed by atoms with E-state index in [0.29, 0.717) is 5.92 Å². The molecule has 2 rings (SSSR count). The highest BCUT2D eigenvalue weighted by Crippen LogP contribution is 2.27. The molecule has 0 bridgehead atoms. The summed E-state index contributed by atoms with van der Waals surface area (Å²) in [6, 6.07) is 8.68. The molecule has 0 spiro atoms. The zero-order chi connectivity index (χ0) is 16.4. The summed E-state index contributed by atoms with van der Waals surface area (Å²) in [7, 11) is -3.01. The summed E-state index contributed by atoms with van der Waals surface area (Å²) in [4.78, 5) is 3.77. The van der Waals surface area contributed by atoms with Gasteiger partial charge in [0.2, 0.25) is 0 Å². The van der Waals surface area contributed by atoms with Crippen LogP contribution >= 0.6 is 0 Å². The van der Waals surface area contributed by atoms with Crippen LogP contribution in [0.3, 0.4) is 0 Å². The fraction of sp³-hybridized carbons (Fsp3) is 0.389. The second-order valence-electron chi connectivity index (χ2n) is 7.89. The Bertz CT molecular complexity index is 605. The van der Waals surface area contributed by atoms with Crippen molar-refractivity contribution in [2.45, 2.75) is 45.2 Å². The van der Waals surface area contributed by atoms with Gasteiger partial charge in [-0.3, -0.25) is 0 Å². The van der Waals surface area contributed by atoms with Gasteiger partial charge in [0.25, 0.3) is 0 Å². The van der Waals surface area contributed by atoms with Crippen LogP contribution < -0.4 is 4.98 Å². The lowest BCUT2D eigenvalue weighted by atomic mass is 9.95. The van der Waals surface area contributed by atoms with Crippen molar-refractivity contribution < 1.29 is 0 Å². The predicted octanol–water partition coefficient (Wildman–Crippen LogP) is 4.90. The van der Waals surface area contributed by atoms with Crippen LogP contribution in [0.1, 0.15) is 17.0 Å². The average molecular weight is 329 g/mol. The first kappa shape index (κ1) is 17.0.